The number of hydrogen-bond donors (Lipinski definition) is 2. The first kappa shape index (κ1) is 11.2. The van der Waals surface area contributed by atoms with Crippen molar-refractivity contribution in [2.45, 2.75) is 13.8 Å². The molecule has 15 heavy (non-hydrogen) atoms. The summed E-state index contributed by atoms with van der Waals surface area (Å²) in [7, 11) is 0. The van der Waals surface area contributed by atoms with E-state index in [0.29, 0.717) is 11.1 Å². The second-order valence-electron chi connectivity index (χ2n) is 3.24. The summed E-state index contributed by atoms with van der Waals surface area (Å²) in [4.78, 5) is 34.1. The Kier molecular flexibility index (Phi) is 3.08. The number of nitrogens with zero attached hydrogens (tertiary/aromatic N) is 1. The van der Waals surface area contributed by atoms with E-state index in [9.17, 15) is 14.4 Å². The molecule has 0 bridgehead atoms. The lowest BCUT2D eigenvalue weighted by molar-refractivity contribution is -0.137. The summed E-state index contributed by atoms with van der Waals surface area (Å²) in [6.45, 7) is 3.28. The van der Waals surface area contributed by atoms with Crippen molar-refractivity contribution >= 4 is 17.9 Å². The average molecular weight is 212 g/mol. The van der Waals surface area contributed by atoms with Gasteiger partial charge in [-0.1, -0.05) is 0 Å². The van der Waals surface area contributed by atoms with Gasteiger partial charge < -0.3 is 10.4 Å². The molecule has 0 spiro atoms. The largest absolute Gasteiger partial charge is 0.465 e. The van der Waals surface area contributed by atoms with Crippen LogP contribution in [0.3, 0.4) is 0 Å². The molecule has 0 saturated carbocycles. The Labute approximate surface area is 86.6 Å². The summed E-state index contributed by atoms with van der Waals surface area (Å²) < 4.78 is 0. The molecule has 6 nitrogen and oxygen atoms in total. The molecule has 2 N–H and O–H groups in total. The van der Waals surface area contributed by atoms with Gasteiger partial charge in [0.15, 0.2) is 0 Å². The van der Waals surface area contributed by atoms with E-state index < -0.39 is 6.09 Å². The third kappa shape index (κ3) is 2.15. The van der Waals surface area contributed by atoms with E-state index in [2.05, 4.69) is 5.32 Å². The van der Waals surface area contributed by atoms with Gasteiger partial charge in [0.05, 0.1) is 0 Å². The zero-order chi connectivity index (χ0) is 11.6. The zero-order valence-electron chi connectivity index (χ0n) is 8.53. The number of imide groups is 1. The third-order valence-electron chi connectivity index (χ3n) is 2.31. The fraction of sp³-hybridized carbons (Fsp3) is 0.444. The maximum atomic E-state index is 11.5. The molecular weight excluding hydrogens is 200 g/mol. The first-order valence-electron chi connectivity index (χ1n) is 4.45. The number of amides is 3. The highest BCUT2D eigenvalue weighted by Crippen LogP contribution is 2.18. The van der Waals surface area contributed by atoms with Crippen LogP contribution >= 0.6 is 0 Å². The summed E-state index contributed by atoms with van der Waals surface area (Å²) in [5.74, 6) is -0.686. The van der Waals surface area contributed by atoms with E-state index in [1.54, 1.807) is 13.8 Å². The van der Waals surface area contributed by atoms with Gasteiger partial charge in [0.25, 0.3) is 11.8 Å². The molecule has 1 aliphatic heterocycles. The minimum absolute atomic E-state index is 0.0490. The molecule has 0 radical (unpaired) electrons. The smallest absolute Gasteiger partial charge is 0.404 e. The minimum Gasteiger partial charge on any atom is -0.465 e. The Morgan fingerprint density at radius 1 is 1.27 bits per heavy atom. The molecule has 0 aliphatic carbocycles. The van der Waals surface area contributed by atoms with E-state index in [0.717, 1.165) is 4.90 Å². The lowest BCUT2D eigenvalue weighted by atomic mass is 10.2. The quantitative estimate of drug-likeness (QED) is 0.642. The Balaban J connectivity index is 2.56. The van der Waals surface area contributed by atoms with E-state index in [1.165, 1.54) is 0 Å². The molecule has 0 fully saturated rings. The van der Waals surface area contributed by atoms with Crippen molar-refractivity contribution in [3.05, 3.63) is 11.1 Å². The normalized spacial score (nSPS) is 16.3. The van der Waals surface area contributed by atoms with Crippen molar-refractivity contribution in [3.8, 4) is 0 Å². The van der Waals surface area contributed by atoms with Crippen molar-refractivity contribution in [2.75, 3.05) is 13.1 Å². The molecule has 0 atom stereocenters. The Bertz CT molecular complexity index is 335. The number of hydrogen-bond acceptors (Lipinski definition) is 3. The molecule has 1 heterocycles. The van der Waals surface area contributed by atoms with Crippen molar-refractivity contribution in [1.29, 1.82) is 0 Å². The number of carbonyl (C=O) groups excluding carboxylic acids is 2. The highest BCUT2D eigenvalue weighted by Gasteiger charge is 2.32. The van der Waals surface area contributed by atoms with Crippen LogP contribution in [0.4, 0.5) is 4.79 Å². The van der Waals surface area contributed by atoms with Crippen molar-refractivity contribution in [2.24, 2.45) is 0 Å². The third-order valence-corrected chi connectivity index (χ3v) is 2.31. The molecule has 1 rings (SSSR count). The zero-order valence-corrected chi connectivity index (χ0v) is 8.53. The number of carboxylic acid groups (broad SMARTS) is 1. The van der Waals surface area contributed by atoms with Crippen LogP contribution in [0.2, 0.25) is 0 Å². The van der Waals surface area contributed by atoms with Gasteiger partial charge >= 0.3 is 6.09 Å². The SMILES string of the molecule is CC1=C(C)C(=O)N(CCNC(=O)O)C1=O. The number of nitrogens with one attached hydrogen (secondary N) is 1. The Morgan fingerprint density at radius 2 is 1.73 bits per heavy atom. The maximum absolute atomic E-state index is 11.5. The fourth-order valence-electron chi connectivity index (χ4n) is 1.30. The first-order valence-corrected chi connectivity index (χ1v) is 4.45. The van der Waals surface area contributed by atoms with Crippen LogP contribution in [-0.2, 0) is 9.59 Å². The summed E-state index contributed by atoms with van der Waals surface area (Å²) in [6, 6.07) is 0. The van der Waals surface area contributed by atoms with Gasteiger partial charge in [-0.15, -0.1) is 0 Å². The minimum atomic E-state index is -1.17. The standard InChI is InChI=1S/C9H12N2O4/c1-5-6(2)8(13)11(7(5)12)4-3-10-9(14)15/h10H,3-4H2,1-2H3,(H,14,15). The topological polar surface area (TPSA) is 86.7 Å². The maximum Gasteiger partial charge on any atom is 0.404 e. The van der Waals surface area contributed by atoms with Gasteiger partial charge in [-0.2, -0.15) is 0 Å². The molecule has 1 aliphatic rings. The summed E-state index contributed by atoms with van der Waals surface area (Å²) in [5, 5.41) is 10.4. The predicted octanol–water partition coefficient (Wildman–Crippen LogP) is -0.0408. The van der Waals surface area contributed by atoms with Crippen molar-refractivity contribution in [1.82, 2.24) is 10.2 Å². The van der Waals surface area contributed by atoms with Gasteiger partial charge in [0.2, 0.25) is 0 Å². The number of rotatable bonds is 3. The molecule has 0 unspecified atom stereocenters. The average Bonchev–Trinajstić information content (AvgIpc) is 2.34. The molecule has 82 valence electrons. The molecule has 6 heteroatoms. The molecule has 3 amide bonds. The fourth-order valence-corrected chi connectivity index (χ4v) is 1.30. The van der Waals surface area contributed by atoms with Crippen LogP contribution in [0.5, 0.6) is 0 Å². The highest BCUT2D eigenvalue weighted by molar-refractivity contribution is 6.18. The van der Waals surface area contributed by atoms with Crippen LogP contribution in [0.25, 0.3) is 0 Å². The van der Waals surface area contributed by atoms with Gasteiger partial charge in [0.1, 0.15) is 0 Å². The predicted molar refractivity (Wildman–Crippen MR) is 51.1 cm³/mol. The molecular formula is C9H12N2O4. The second kappa shape index (κ2) is 4.12. The lowest BCUT2D eigenvalue weighted by Gasteiger charge is -2.14. The monoisotopic (exact) mass is 212 g/mol. The van der Waals surface area contributed by atoms with Crippen LogP contribution in [0, 0.1) is 0 Å². The van der Waals surface area contributed by atoms with Gasteiger partial charge in [-0.25, -0.2) is 4.79 Å². The van der Waals surface area contributed by atoms with Gasteiger partial charge in [-0.05, 0) is 13.8 Å². The van der Waals surface area contributed by atoms with Crippen LogP contribution in [0.1, 0.15) is 13.8 Å². The Hall–Kier alpha value is -1.85. The summed E-state index contributed by atoms with van der Waals surface area (Å²) in [6.07, 6.45) is -1.17. The van der Waals surface area contributed by atoms with Crippen molar-refractivity contribution in [3.63, 3.8) is 0 Å². The summed E-state index contributed by atoms with van der Waals surface area (Å²) in [5.41, 5.74) is 0.852. The van der Waals surface area contributed by atoms with E-state index in [-0.39, 0.29) is 24.9 Å². The highest BCUT2D eigenvalue weighted by atomic mass is 16.4. The molecule has 0 aromatic heterocycles. The van der Waals surface area contributed by atoms with Crippen LogP contribution in [-0.4, -0.2) is 41.0 Å². The second-order valence-corrected chi connectivity index (χ2v) is 3.24. The van der Waals surface area contributed by atoms with Crippen LogP contribution < -0.4 is 5.32 Å². The lowest BCUT2D eigenvalue weighted by Crippen LogP contribution is -2.38. The molecule has 0 saturated heterocycles. The van der Waals surface area contributed by atoms with E-state index in [1.807, 2.05) is 0 Å². The first-order chi connectivity index (χ1) is 6.95. The van der Waals surface area contributed by atoms with Gasteiger partial charge in [0, 0.05) is 24.2 Å². The van der Waals surface area contributed by atoms with E-state index in [4.69, 9.17) is 5.11 Å². The number of carbonyl (C=O) groups is 3. The summed E-state index contributed by atoms with van der Waals surface area (Å²) >= 11 is 0. The van der Waals surface area contributed by atoms with E-state index >= 15 is 0 Å². The molecule has 0 aromatic carbocycles. The Morgan fingerprint density at radius 3 is 2.13 bits per heavy atom. The molecule has 0 aromatic rings. The van der Waals surface area contributed by atoms with Gasteiger partial charge in [-0.3, -0.25) is 14.5 Å². The van der Waals surface area contributed by atoms with Crippen LogP contribution in [0.15, 0.2) is 11.1 Å². The van der Waals surface area contributed by atoms with Crippen molar-refractivity contribution < 1.29 is 19.5 Å².